The van der Waals surface area contributed by atoms with Gasteiger partial charge in [0.1, 0.15) is 11.5 Å². The van der Waals surface area contributed by atoms with Gasteiger partial charge in [0.25, 0.3) is 0 Å². The monoisotopic (exact) mass is 554 g/mol. The molecule has 4 nitrogen and oxygen atoms in total. The van der Waals surface area contributed by atoms with Crippen LogP contribution in [-0.2, 0) is 10.2 Å². The number of ether oxygens (including phenoxy) is 2. The van der Waals surface area contributed by atoms with Crippen LogP contribution in [0.15, 0.2) is 151 Å². The van der Waals surface area contributed by atoms with Crippen LogP contribution in [0.2, 0.25) is 0 Å². The van der Waals surface area contributed by atoms with Gasteiger partial charge < -0.3 is 9.47 Å². The minimum absolute atomic E-state index is 0.284. The summed E-state index contributed by atoms with van der Waals surface area (Å²) >= 11 is 0. The van der Waals surface area contributed by atoms with Crippen molar-refractivity contribution >= 4 is 5.90 Å². The van der Waals surface area contributed by atoms with Gasteiger partial charge in [-0.25, -0.2) is 0 Å². The fourth-order valence-electron chi connectivity index (χ4n) is 7.03. The molecular formula is C39H26N2O2. The number of para-hydroxylation sites is 1. The smallest absolute Gasteiger partial charge is 0.240 e. The van der Waals surface area contributed by atoms with Gasteiger partial charge in [-0.15, -0.1) is 5.10 Å². The highest BCUT2D eigenvalue weighted by Crippen LogP contribution is 2.62. The Hall–Kier alpha value is -5.61. The Morgan fingerprint density at radius 3 is 1.84 bits per heavy atom. The minimum Gasteiger partial charge on any atom is -0.457 e. The molecule has 1 unspecified atom stereocenters. The Bertz CT molecular complexity index is 2020. The van der Waals surface area contributed by atoms with E-state index in [1.165, 1.54) is 27.8 Å². The molecule has 4 heteroatoms. The molecule has 2 heterocycles. The number of hydrazone groups is 1. The first kappa shape index (κ1) is 24.0. The topological polar surface area (TPSA) is 42.9 Å². The van der Waals surface area contributed by atoms with Crippen molar-refractivity contribution in [3.05, 3.63) is 179 Å². The van der Waals surface area contributed by atoms with Gasteiger partial charge in [0.15, 0.2) is 0 Å². The maximum Gasteiger partial charge on any atom is 0.240 e. The molecule has 0 amide bonds. The fraction of sp³-hybridized carbons (Fsp3) is 0.0513. The van der Waals surface area contributed by atoms with E-state index in [0.717, 1.165) is 39.3 Å². The second-order valence-electron chi connectivity index (χ2n) is 11.2. The van der Waals surface area contributed by atoms with Crippen molar-refractivity contribution in [2.24, 2.45) is 5.10 Å². The summed E-state index contributed by atoms with van der Waals surface area (Å²) in [5.41, 5.74) is 14.3. The summed E-state index contributed by atoms with van der Waals surface area (Å²) in [6.07, 6.45) is -0.284. The molecule has 0 fully saturated rings. The van der Waals surface area contributed by atoms with Gasteiger partial charge in [0.05, 0.1) is 5.41 Å². The molecule has 0 radical (unpaired) electrons. The SMILES string of the molecule is c1ccc(C2NN=C(c3ccc(-c4ccc5c(c4)C4(c6ccccc6O5)c5ccccc5-c5ccccc54)cc3)O2)cc1. The van der Waals surface area contributed by atoms with E-state index in [1.807, 2.05) is 30.3 Å². The average molecular weight is 555 g/mol. The zero-order valence-electron chi connectivity index (χ0n) is 23.2. The van der Waals surface area contributed by atoms with Crippen LogP contribution >= 0.6 is 0 Å². The Kier molecular flexibility index (Phi) is 5.14. The predicted molar refractivity (Wildman–Crippen MR) is 169 cm³/mol. The zero-order chi connectivity index (χ0) is 28.4. The molecule has 0 saturated carbocycles. The molecule has 1 spiro atoms. The second kappa shape index (κ2) is 9.20. The van der Waals surface area contributed by atoms with Crippen LogP contribution in [0.1, 0.15) is 39.6 Å². The van der Waals surface area contributed by atoms with Crippen LogP contribution < -0.4 is 10.2 Å². The maximum atomic E-state index is 6.58. The molecule has 9 rings (SSSR count). The third kappa shape index (κ3) is 3.47. The number of hydrogen-bond acceptors (Lipinski definition) is 4. The number of benzene rings is 6. The Labute approximate surface area is 249 Å². The first-order chi connectivity index (χ1) is 21.3. The number of rotatable bonds is 3. The van der Waals surface area contributed by atoms with Crippen molar-refractivity contribution < 1.29 is 9.47 Å². The summed E-state index contributed by atoms with van der Waals surface area (Å²) in [7, 11) is 0. The molecule has 43 heavy (non-hydrogen) atoms. The van der Waals surface area contributed by atoms with Crippen molar-refractivity contribution in [3.63, 3.8) is 0 Å². The lowest BCUT2D eigenvalue weighted by Gasteiger charge is -2.39. The molecule has 1 aliphatic carbocycles. The van der Waals surface area contributed by atoms with Gasteiger partial charge in [-0.3, -0.25) is 5.43 Å². The molecule has 0 aromatic heterocycles. The average Bonchev–Trinajstić information content (AvgIpc) is 3.69. The predicted octanol–water partition coefficient (Wildman–Crippen LogP) is 8.80. The highest BCUT2D eigenvalue weighted by atomic mass is 16.5. The van der Waals surface area contributed by atoms with Crippen molar-refractivity contribution in [2.75, 3.05) is 0 Å². The summed E-state index contributed by atoms with van der Waals surface area (Å²) in [5.74, 6) is 2.38. The van der Waals surface area contributed by atoms with E-state index in [4.69, 9.17) is 9.47 Å². The van der Waals surface area contributed by atoms with Crippen molar-refractivity contribution in [1.29, 1.82) is 0 Å². The largest absolute Gasteiger partial charge is 0.457 e. The summed E-state index contributed by atoms with van der Waals surface area (Å²) in [6.45, 7) is 0. The number of nitrogens with zero attached hydrogens (tertiary/aromatic N) is 1. The summed E-state index contributed by atoms with van der Waals surface area (Å²) in [5, 5.41) is 4.46. The Morgan fingerprint density at radius 2 is 1.09 bits per heavy atom. The van der Waals surface area contributed by atoms with Crippen LogP contribution in [0.5, 0.6) is 11.5 Å². The highest BCUT2D eigenvalue weighted by Gasteiger charge is 2.50. The molecule has 6 aromatic carbocycles. The molecule has 0 bridgehead atoms. The Balaban J connectivity index is 1.15. The standard InChI is InChI=1S/C39H26N2O2/c1-2-10-26(11-3-1)37-40-41-38(43-37)27-20-18-25(19-21-27)28-22-23-36-34(24-28)39(33-16-8-9-17-35(33)42-36)31-14-6-4-12-29(31)30-13-5-7-15-32(30)39/h1-24,37,40H. The lowest BCUT2D eigenvalue weighted by atomic mass is 9.66. The zero-order valence-corrected chi connectivity index (χ0v) is 23.2. The molecule has 2 aliphatic heterocycles. The van der Waals surface area contributed by atoms with Crippen molar-refractivity contribution in [3.8, 4) is 33.8 Å². The fourth-order valence-corrected chi connectivity index (χ4v) is 7.03. The van der Waals surface area contributed by atoms with Crippen LogP contribution in [-0.4, -0.2) is 5.90 Å². The third-order valence-corrected chi connectivity index (χ3v) is 8.93. The van der Waals surface area contributed by atoms with Crippen molar-refractivity contribution in [2.45, 2.75) is 11.6 Å². The summed E-state index contributed by atoms with van der Waals surface area (Å²) in [6, 6.07) is 51.2. The van der Waals surface area contributed by atoms with Gasteiger partial charge in [-0.1, -0.05) is 115 Å². The second-order valence-corrected chi connectivity index (χ2v) is 11.2. The third-order valence-electron chi connectivity index (χ3n) is 8.93. The summed E-state index contributed by atoms with van der Waals surface area (Å²) < 4.78 is 12.7. The number of hydrogen-bond donors (Lipinski definition) is 1. The maximum absolute atomic E-state index is 6.58. The lowest BCUT2D eigenvalue weighted by molar-refractivity contribution is 0.192. The van der Waals surface area contributed by atoms with Gasteiger partial charge in [-0.2, -0.15) is 0 Å². The molecule has 1 atom stereocenters. The quantitative estimate of drug-likeness (QED) is 0.237. The van der Waals surface area contributed by atoms with E-state index in [-0.39, 0.29) is 6.23 Å². The van der Waals surface area contributed by atoms with Crippen LogP contribution in [0.3, 0.4) is 0 Å². The van der Waals surface area contributed by atoms with E-state index in [1.54, 1.807) is 0 Å². The molecule has 6 aromatic rings. The van der Waals surface area contributed by atoms with E-state index in [2.05, 4.69) is 126 Å². The van der Waals surface area contributed by atoms with Gasteiger partial charge in [0, 0.05) is 22.3 Å². The van der Waals surface area contributed by atoms with Crippen LogP contribution in [0.25, 0.3) is 22.3 Å². The summed E-state index contributed by atoms with van der Waals surface area (Å²) in [4.78, 5) is 0. The Morgan fingerprint density at radius 1 is 0.512 bits per heavy atom. The normalized spacial score (nSPS) is 16.6. The van der Waals surface area contributed by atoms with E-state index in [0.29, 0.717) is 5.90 Å². The first-order valence-corrected chi connectivity index (χ1v) is 14.6. The lowest BCUT2D eigenvalue weighted by Crippen LogP contribution is -2.32. The molecular weight excluding hydrogens is 528 g/mol. The first-order valence-electron chi connectivity index (χ1n) is 14.6. The van der Waals surface area contributed by atoms with Gasteiger partial charge in [0.2, 0.25) is 12.1 Å². The molecule has 3 aliphatic rings. The number of nitrogens with one attached hydrogen (secondary N) is 1. The van der Waals surface area contributed by atoms with Gasteiger partial charge >= 0.3 is 0 Å². The number of fused-ring (bicyclic) bond motifs is 9. The van der Waals surface area contributed by atoms with Crippen molar-refractivity contribution in [1.82, 2.24) is 5.43 Å². The van der Waals surface area contributed by atoms with Gasteiger partial charge in [-0.05, 0) is 63.7 Å². The van der Waals surface area contributed by atoms with E-state index in [9.17, 15) is 0 Å². The molecule has 1 N–H and O–H groups in total. The minimum atomic E-state index is -0.474. The molecule has 204 valence electrons. The molecule has 0 saturated heterocycles. The van der Waals surface area contributed by atoms with Crippen LogP contribution in [0.4, 0.5) is 0 Å². The highest BCUT2D eigenvalue weighted by molar-refractivity contribution is 5.95. The van der Waals surface area contributed by atoms with Crippen LogP contribution in [0, 0.1) is 0 Å². The van der Waals surface area contributed by atoms with E-state index >= 15 is 0 Å². The van der Waals surface area contributed by atoms with E-state index < -0.39 is 5.41 Å².